The van der Waals surface area contributed by atoms with Gasteiger partial charge in [-0.3, -0.25) is 0 Å². The van der Waals surface area contributed by atoms with E-state index in [0.717, 1.165) is 11.1 Å². The highest BCUT2D eigenvalue weighted by Crippen LogP contribution is 2.23. The van der Waals surface area contributed by atoms with Crippen LogP contribution < -0.4 is 10.6 Å². The Bertz CT molecular complexity index is 465. The number of rotatable bonds is 3. The summed E-state index contributed by atoms with van der Waals surface area (Å²) in [6.07, 6.45) is 1.67. The molecule has 0 fully saturated rings. The van der Waals surface area contributed by atoms with Crippen LogP contribution in [0.1, 0.15) is 26.3 Å². The minimum Gasteiger partial charge on any atom is -0.506 e. The summed E-state index contributed by atoms with van der Waals surface area (Å²) in [6, 6.07) is 4.73. The molecule has 0 spiro atoms. The van der Waals surface area contributed by atoms with Crippen molar-refractivity contribution >= 4 is 11.7 Å². The van der Waals surface area contributed by atoms with E-state index in [9.17, 15) is 9.90 Å². The molecule has 4 heteroatoms. The van der Waals surface area contributed by atoms with Gasteiger partial charge in [-0.05, 0) is 37.5 Å². The van der Waals surface area contributed by atoms with Crippen molar-refractivity contribution in [2.75, 3.05) is 5.32 Å². The van der Waals surface area contributed by atoms with Crippen LogP contribution in [0.25, 0.3) is 0 Å². The topological polar surface area (TPSA) is 61.4 Å². The van der Waals surface area contributed by atoms with Gasteiger partial charge in [0.25, 0.3) is 0 Å². The molecule has 0 aliphatic heterocycles. The Kier molecular flexibility index (Phi) is 4.77. The molecule has 2 amide bonds. The van der Waals surface area contributed by atoms with Crippen molar-refractivity contribution in [1.29, 1.82) is 0 Å². The molecule has 0 bridgehead atoms. The Hall–Kier alpha value is -1.97. The second-order valence-corrected chi connectivity index (χ2v) is 4.66. The van der Waals surface area contributed by atoms with Gasteiger partial charge in [-0.15, -0.1) is 0 Å². The number of phenols is 1. The molecule has 0 aromatic heterocycles. The number of anilines is 1. The fourth-order valence-electron chi connectivity index (χ4n) is 1.25. The zero-order valence-corrected chi connectivity index (χ0v) is 11.2. The number of benzene rings is 1. The van der Waals surface area contributed by atoms with Gasteiger partial charge in [0, 0.05) is 6.20 Å². The van der Waals surface area contributed by atoms with Crippen LogP contribution >= 0.6 is 0 Å². The molecular formula is C14H20N2O2. The van der Waals surface area contributed by atoms with Crippen molar-refractivity contribution in [3.05, 3.63) is 35.5 Å². The van der Waals surface area contributed by atoms with Gasteiger partial charge in [-0.25, -0.2) is 4.79 Å². The normalized spacial score (nSPS) is 11.5. The number of aromatic hydroxyl groups is 1. The van der Waals surface area contributed by atoms with E-state index in [1.807, 2.05) is 19.9 Å². The van der Waals surface area contributed by atoms with Gasteiger partial charge in [0.15, 0.2) is 0 Å². The Balaban J connectivity index is 2.63. The monoisotopic (exact) mass is 248 g/mol. The van der Waals surface area contributed by atoms with E-state index in [2.05, 4.69) is 24.5 Å². The van der Waals surface area contributed by atoms with E-state index in [4.69, 9.17) is 0 Å². The lowest BCUT2D eigenvalue weighted by atomic mass is 10.1. The molecule has 0 saturated carbocycles. The number of nitrogens with one attached hydrogen (secondary N) is 2. The van der Waals surface area contributed by atoms with Gasteiger partial charge >= 0.3 is 6.03 Å². The van der Waals surface area contributed by atoms with E-state index < -0.39 is 0 Å². The summed E-state index contributed by atoms with van der Waals surface area (Å²) in [4.78, 5) is 11.6. The Morgan fingerprint density at radius 2 is 2.06 bits per heavy atom. The van der Waals surface area contributed by atoms with Crippen molar-refractivity contribution < 1.29 is 9.90 Å². The first kappa shape index (κ1) is 14.1. The lowest BCUT2D eigenvalue weighted by molar-refractivity contribution is 0.255. The average Bonchev–Trinajstić information content (AvgIpc) is 2.29. The Morgan fingerprint density at radius 1 is 1.39 bits per heavy atom. The summed E-state index contributed by atoms with van der Waals surface area (Å²) in [6.45, 7) is 7.93. The highest BCUT2D eigenvalue weighted by molar-refractivity contribution is 5.91. The average molecular weight is 248 g/mol. The van der Waals surface area contributed by atoms with Crippen LogP contribution in [0.15, 0.2) is 30.0 Å². The number of hydrogen-bond acceptors (Lipinski definition) is 2. The molecule has 0 saturated heterocycles. The summed E-state index contributed by atoms with van der Waals surface area (Å²) in [7, 11) is 0. The molecule has 1 rings (SSSR count). The number of allylic oxidation sites excluding steroid dienone is 1. The van der Waals surface area contributed by atoms with Crippen LogP contribution in [-0.4, -0.2) is 11.1 Å². The smallest absolute Gasteiger partial charge is 0.323 e. The molecule has 0 unspecified atom stereocenters. The number of urea groups is 1. The van der Waals surface area contributed by atoms with Crippen LogP contribution in [0.2, 0.25) is 0 Å². The summed E-state index contributed by atoms with van der Waals surface area (Å²) in [5, 5.41) is 14.9. The molecule has 1 aromatic rings. The minimum absolute atomic E-state index is 0.0645. The molecule has 98 valence electrons. The van der Waals surface area contributed by atoms with Gasteiger partial charge in [-0.2, -0.15) is 0 Å². The zero-order chi connectivity index (χ0) is 13.7. The van der Waals surface area contributed by atoms with Crippen LogP contribution in [0.4, 0.5) is 10.5 Å². The highest BCUT2D eigenvalue weighted by Gasteiger charge is 2.05. The number of phenolic OH excluding ortho intramolecular Hbond substituents is 1. The standard InChI is InChI=1S/C14H20N2O2/c1-9(2)11(4)8-15-14(18)16-12-6-5-10(3)7-13(12)17/h5-9,17H,1-4H3,(H2,15,16,18)/b11-8+. The quantitative estimate of drug-likeness (QED) is 0.718. The molecule has 0 radical (unpaired) electrons. The van der Waals surface area contributed by atoms with E-state index in [-0.39, 0.29) is 11.8 Å². The van der Waals surface area contributed by atoms with Crippen LogP contribution in [0.5, 0.6) is 5.75 Å². The first-order chi connectivity index (χ1) is 8.40. The SMILES string of the molecule is C/C(=C\NC(=O)Nc1ccc(C)cc1O)C(C)C. The van der Waals surface area contributed by atoms with Gasteiger partial charge in [0.05, 0.1) is 5.69 Å². The lowest BCUT2D eigenvalue weighted by Gasteiger charge is -2.09. The maximum absolute atomic E-state index is 11.6. The number of carbonyl (C=O) groups excluding carboxylic acids is 1. The van der Waals surface area contributed by atoms with E-state index in [1.165, 1.54) is 0 Å². The molecule has 0 heterocycles. The number of carbonyl (C=O) groups is 1. The van der Waals surface area contributed by atoms with E-state index in [1.54, 1.807) is 18.3 Å². The number of amides is 2. The fraction of sp³-hybridized carbons (Fsp3) is 0.357. The molecule has 4 nitrogen and oxygen atoms in total. The summed E-state index contributed by atoms with van der Waals surface area (Å²) in [5.74, 6) is 0.452. The maximum Gasteiger partial charge on any atom is 0.323 e. The number of hydrogen-bond donors (Lipinski definition) is 3. The molecule has 0 aliphatic carbocycles. The van der Waals surface area contributed by atoms with Crippen LogP contribution in [0, 0.1) is 12.8 Å². The van der Waals surface area contributed by atoms with E-state index in [0.29, 0.717) is 11.6 Å². The van der Waals surface area contributed by atoms with Gasteiger partial charge in [0.1, 0.15) is 5.75 Å². The second-order valence-electron chi connectivity index (χ2n) is 4.66. The van der Waals surface area contributed by atoms with Crippen molar-refractivity contribution in [3.8, 4) is 5.75 Å². The molecule has 0 aliphatic rings. The molecular weight excluding hydrogens is 228 g/mol. The summed E-state index contributed by atoms with van der Waals surface area (Å²) in [5.41, 5.74) is 2.42. The summed E-state index contributed by atoms with van der Waals surface area (Å²) < 4.78 is 0. The predicted molar refractivity (Wildman–Crippen MR) is 73.6 cm³/mol. The minimum atomic E-state index is -0.367. The van der Waals surface area contributed by atoms with Gasteiger partial charge < -0.3 is 15.7 Å². The fourth-order valence-corrected chi connectivity index (χ4v) is 1.25. The third-order valence-electron chi connectivity index (χ3n) is 2.74. The first-order valence-electron chi connectivity index (χ1n) is 5.94. The van der Waals surface area contributed by atoms with Crippen molar-refractivity contribution in [2.24, 2.45) is 5.92 Å². The van der Waals surface area contributed by atoms with Crippen molar-refractivity contribution in [3.63, 3.8) is 0 Å². The van der Waals surface area contributed by atoms with Crippen LogP contribution in [-0.2, 0) is 0 Å². The van der Waals surface area contributed by atoms with E-state index >= 15 is 0 Å². The predicted octanol–water partition coefficient (Wildman–Crippen LogP) is 3.38. The Morgan fingerprint density at radius 3 is 2.61 bits per heavy atom. The first-order valence-corrected chi connectivity index (χ1v) is 5.94. The Labute approximate surface area is 108 Å². The highest BCUT2D eigenvalue weighted by atomic mass is 16.3. The van der Waals surface area contributed by atoms with Gasteiger partial charge in [-0.1, -0.05) is 25.5 Å². The maximum atomic E-state index is 11.6. The second kappa shape index (κ2) is 6.10. The lowest BCUT2D eigenvalue weighted by Crippen LogP contribution is -2.24. The summed E-state index contributed by atoms with van der Waals surface area (Å²) >= 11 is 0. The number of aryl methyl sites for hydroxylation is 1. The largest absolute Gasteiger partial charge is 0.506 e. The zero-order valence-electron chi connectivity index (χ0n) is 11.2. The van der Waals surface area contributed by atoms with Crippen molar-refractivity contribution in [2.45, 2.75) is 27.7 Å². The molecule has 1 aromatic carbocycles. The van der Waals surface area contributed by atoms with Gasteiger partial charge in [0.2, 0.25) is 0 Å². The molecule has 0 atom stereocenters. The van der Waals surface area contributed by atoms with Crippen LogP contribution in [0.3, 0.4) is 0 Å². The third kappa shape index (κ3) is 4.13. The molecule has 18 heavy (non-hydrogen) atoms. The third-order valence-corrected chi connectivity index (χ3v) is 2.74. The van der Waals surface area contributed by atoms with Crippen molar-refractivity contribution in [1.82, 2.24) is 5.32 Å². The molecule has 3 N–H and O–H groups in total.